The van der Waals surface area contributed by atoms with Gasteiger partial charge in [-0.05, 0) is 44.9 Å². The summed E-state index contributed by atoms with van der Waals surface area (Å²) in [5.41, 5.74) is 7.14. The molecule has 3 aromatic heterocycles. The van der Waals surface area contributed by atoms with Crippen molar-refractivity contribution in [1.82, 2.24) is 14.1 Å². The smallest absolute Gasteiger partial charge is 0.340 e. The van der Waals surface area contributed by atoms with Gasteiger partial charge in [-0.3, -0.25) is 4.98 Å². The second kappa shape index (κ2) is 11.8. The molecule has 0 aliphatic carbocycles. The molecule has 0 N–H and O–H groups in total. The maximum absolute atomic E-state index is 13.8. The van der Waals surface area contributed by atoms with Gasteiger partial charge in [0, 0.05) is 75.4 Å². The summed E-state index contributed by atoms with van der Waals surface area (Å²) in [5, 5.41) is 2.27. The van der Waals surface area contributed by atoms with E-state index in [1.54, 1.807) is 6.20 Å². The monoisotopic (exact) mass is 561 g/mol. The fraction of sp³-hybridized carbons (Fsp3) is 0.405. The molecule has 0 bridgehead atoms. The van der Waals surface area contributed by atoms with Crippen LogP contribution in [0.5, 0.6) is 0 Å². The van der Waals surface area contributed by atoms with Crippen molar-refractivity contribution < 1.29 is 9.53 Å². The molecule has 1 aliphatic rings. The third kappa shape index (κ3) is 4.45. The van der Waals surface area contributed by atoms with E-state index in [1.807, 2.05) is 12.3 Å². The van der Waals surface area contributed by atoms with Gasteiger partial charge in [-0.15, -0.1) is 0 Å². The van der Waals surface area contributed by atoms with E-state index in [-0.39, 0.29) is 5.97 Å². The molecule has 0 amide bonds. The number of hydrogen-bond donors (Lipinski definition) is 0. The molecule has 5 aromatic rings. The number of ether oxygens (including phenoxy) is 1. The number of hydrogen-bond acceptors (Lipinski definition) is 3. The first-order valence-electron chi connectivity index (χ1n) is 15.9. The third-order valence-electron chi connectivity index (χ3n) is 9.30. The number of esters is 1. The van der Waals surface area contributed by atoms with Crippen LogP contribution in [0.25, 0.3) is 21.8 Å². The topological polar surface area (TPSA) is 49.0 Å². The zero-order chi connectivity index (χ0) is 29.3. The van der Waals surface area contributed by atoms with Crippen LogP contribution in [0.2, 0.25) is 0 Å². The molecule has 1 aliphatic heterocycles. The Morgan fingerprint density at radius 3 is 1.76 bits per heavy atom. The molecular formula is C37H43N3O2. The first kappa shape index (κ1) is 28.3. The van der Waals surface area contributed by atoms with Crippen LogP contribution >= 0.6 is 0 Å². The predicted molar refractivity (Wildman–Crippen MR) is 171 cm³/mol. The summed E-state index contributed by atoms with van der Waals surface area (Å²) < 4.78 is 11.7. The number of para-hydroxylation sites is 2. The number of fused-ring (bicyclic) bond motifs is 3. The highest BCUT2D eigenvalue weighted by molar-refractivity contribution is 6.01. The van der Waals surface area contributed by atoms with Crippen LogP contribution in [0.15, 0.2) is 67.0 Å². The van der Waals surface area contributed by atoms with Crippen LogP contribution in [-0.4, -0.2) is 20.1 Å². The number of carbonyl (C=O) groups excluding carboxylic acids is 1. The number of benzene rings is 2. The number of cyclic esters (lactones) is 1. The van der Waals surface area contributed by atoms with E-state index in [0.29, 0.717) is 5.56 Å². The molecule has 6 rings (SSSR count). The summed E-state index contributed by atoms with van der Waals surface area (Å²) in [6.45, 7) is 10.8. The maximum atomic E-state index is 13.8. The van der Waals surface area contributed by atoms with Crippen molar-refractivity contribution in [3.63, 3.8) is 0 Å². The van der Waals surface area contributed by atoms with E-state index in [2.05, 4.69) is 90.3 Å². The number of rotatable bonds is 12. The minimum Gasteiger partial charge on any atom is -0.440 e. The highest BCUT2D eigenvalue weighted by Crippen LogP contribution is 2.53. The number of unbranched alkanes of at least 4 members (excludes halogenated alkanes) is 6. The van der Waals surface area contributed by atoms with Crippen molar-refractivity contribution >= 4 is 27.8 Å². The first-order valence-corrected chi connectivity index (χ1v) is 15.9. The zero-order valence-electron chi connectivity index (χ0n) is 25.6. The van der Waals surface area contributed by atoms with Crippen LogP contribution in [-0.2, 0) is 23.4 Å². The molecule has 0 unspecified atom stereocenters. The second-order valence-electron chi connectivity index (χ2n) is 11.9. The summed E-state index contributed by atoms with van der Waals surface area (Å²) in [7, 11) is 0. The Labute approximate surface area is 249 Å². The third-order valence-corrected chi connectivity index (χ3v) is 9.30. The van der Waals surface area contributed by atoms with Gasteiger partial charge in [-0.25, -0.2) is 4.79 Å². The van der Waals surface area contributed by atoms with Crippen LogP contribution < -0.4 is 0 Å². The first-order chi connectivity index (χ1) is 20.5. The molecule has 0 radical (unpaired) electrons. The van der Waals surface area contributed by atoms with Crippen LogP contribution in [0, 0.1) is 13.8 Å². The second-order valence-corrected chi connectivity index (χ2v) is 11.9. The van der Waals surface area contributed by atoms with E-state index in [9.17, 15) is 4.79 Å². The number of aryl methyl sites for hydroxylation is 2. The van der Waals surface area contributed by atoms with Crippen molar-refractivity contribution in [1.29, 1.82) is 0 Å². The highest BCUT2D eigenvalue weighted by atomic mass is 16.6. The van der Waals surface area contributed by atoms with E-state index < -0.39 is 5.60 Å². The minimum atomic E-state index is -1.10. The largest absolute Gasteiger partial charge is 0.440 e. The molecular weight excluding hydrogens is 518 g/mol. The number of carbonyl (C=O) groups is 1. The summed E-state index contributed by atoms with van der Waals surface area (Å²) in [6, 6.07) is 19.1. The molecule has 0 fully saturated rings. The molecule has 0 saturated carbocycles. The molecule has 0 atom stereocenters. The average Bonchev–Trinajstić information content (AvgIpc) is 3.58. The zero-order valence-corrected chi connectivity index (χ0v) is 25.6. The summed E-state index contributed by atoms with van der Waals surface area (Å²) in [5.74, 6) is -0.286. The van der Waals surface area contributed by atoms with Gasteiger partial charge in [0.2, 0.25) is 0 Å². The summed E-state index contributed by atoms with van der Waals surface area (Å²) >= 11 is 0. The molecule has 0 saturated heterocycles. The lowest BCUT2D eigenvalue weighted by Crippen LogP contribution is -2.31. The molecule has 2 aromatic carbocycles. The van der Waals surface area contributed by atoms with E-state index in [4.69, 9.17) is 4.74 Å². The van der Waals surface area contributed by atoms with E-state index in [1.165, 1.54) is 49.6 Å². The molecule has 42 heavy (non-hydrogen) atoms. The van der Waals surface area contributed by atoms with E-state index >= 15 is 0 Å². The van der Waals surface area contributed by atoms with Gasteiger partial charge in [0.1, 0.15) is 0 Å². The lowest BCUT2D eigenvalue weighted by atomic mass is 9.78. The normalized spacial score (nSPS) is 14.1. The Kier molecular flexibility index (Phi) is 7.94. The summed E-state index contributed by atoms with van der Waals surface area (Å²) in [4.78, 5) is 18.3. The van der Waals surface area contributed by atoms with Gasteiger partial charge < -0.3 is 13.9 Å². The minimum absolute atomic E-state index is 0.286. The van der Waals surface area contributed by atoms with Crippen molar-refractivity contribution in [2.24, 2.45) is 0 Å². The van der Waals surface area contributed by atoms with Crippen LogP contribution in [0.4, 0.5) is 0 Å². The average molecular weight is 562 g/mol. The van der Waals surface area contributed by atoms with Crippen molar-refractivity contribution in [2.75, 3.05) is 0 Å². The van der Waals surface area contributed by atoms with Crippen molar-refractivity contribution in [3.8, 4) is 0 Å². The van der Waals surface area contributed by atoms with Gasteiger partial charge in [-0.1, -0.05) is 88.8 Å². The molecule has 5 heteroatoms. The quantitative estimate of drug-likeness (QED) is 0.113. The lowest BCUT2D eigenvalue weighted by Gasteiger charge is -2.31. The fourth-order valence-corrected chi connectivity index (χ4v) is 7.32. The number of pyridine rings is 1. The van der Waals surface area contributed by atoms with Crippen LogP contribution in [0.1, 0.15) is 104 Å². The standard InChI is InChI=1S/C37H43N3O2/c1-5-7-9-15-23-39-26(3)34(29-17-11-13-19-32(29)39)37(31-25-38-22-21-28(31)36(41)42-37)35-27(4)40(24-16-10-8-6-2)33-20-14-12-18-30(33)35/h11-14,17-22,25H,5-10,15-16,23-24H2,1-4H3. The fourth-order valence-electron chi connectivity index (χ4n) is 7.32. The van der Waals surface area contributed by atoms with Crippen molar-refractivity contribution in [2.45, 2.75) is 97.8 Å². The number of nitrogens with zero attached hydrogens (tertiary/aromatic N) is 3. The van der Waals surface area contributed by atoms with Gasteiger partial charge in [-0.2, -0.15) is 0 Å². The predicted octanol–water partition coefficient (Wildman–Crippen LogP) is 9.23. The Balaban J connectivity index is 1.65. The maximum Gasteiger partial charge on any atom is 0.340 e. The molecule has 218 valence electrons. The highest BCUT2D eigenvalue weighted by Gasteiger charge is 2.53. The van der Waals surface area contributed by atoms with Crippen molar-refractivity contribution in [3.05, 3.63) is 101 Å². The Hall–Kier alpha value is -3.86. The Morgan fingerprint density at radius 1 is 0.714 bits per heavy atom. The van der Waals surface area contributed by atoms with Gasteiger partial charge in [0.25, 0.3) is 0 Å². The Bertz CT molecular complexity index is 1650. The SMILES string of the molecule is CCCCCCn1c(C)c(C2(c3c(C)n(CCCCCC)c4ccccc34)OC(=O)c3ccncc32)c2ccccc21. The van der Waals surface area contributed by atoms with E-state index in [0.717, 1.165) is 64.8 Å². The molecule has 0 spiro atoms. The summed E-state index contributed by atoms with van der Waals surface area (Å²) in [6.07, 6.45) is 13.1. The Morgan fingerprint density at radius 2 is 1.24 bits per heavy atom. The van der Waals surface area contributed by atoms with Gasteiger partial charge >= 0.3 is 5.97 Å². The van der Waals surface area contributed by atoms with Gasteiger partial charge in [0.05, 0.1) is 5.56 Å². The lowest BCUT2D eigenvalue weighted by molar-refractivity contribution is 0.0255. The van der Waals surface area contributed by atoms with Gasteiger partial charge in [0.15, 0.2) is 5.60 Å². The molecule has 5 nitrogen and oxygen atoms in total. The van der Waals surface area contributed by atoms with Crippen LogP contribution in [0.3, 0.4) is 0 Å². The number of aromatic nitrogens is 3. The molecule has 4 heterocycles.